The summed E-state index contributed by atoms with van der Waals surface area (Å²) < 4.78 is 0. The lowest BCUT2D eigenvalue weighted by Gasteiger charge is -2.45. The summed E-state index contributed by atoms with van der Waals surface area (Å²) in [5, 5.41) is 1.42. The zero-order valence-electron chi connectivity index (χ0n) is 12.3. The van der Waals surface area contributed by atoms with Gasteiger partial charge in [-0.3, -0.25) is 4.90 Å². The highest BCUT2D eigenvalue weighted by molar-refractivity contribution is 6.36. The molecule has 1 aromatic rings. The van der Waals surface area contributed by atoms with Gasteiger partial charge in [-0.25, -0.2) is 0 Å². The van der Waals surface area contributed by atoms with Crippen LogP contribution in [0.5, 0.6) is 0 Å². The SMILES string of the molecule is CC(C)(C(N)Cc1c(Cl)cccc1Cl)N1CCCCC1. The van der Waals surface area contributed by atoms with E-state index in [2.05, 4.69) is 18.7 Å². The molecule has 1 aliphatic heterocycles. The van der Waals surface area contributed by atoms with Gasteiger partial charge in [-0.05, 0) is 63.9 Å². The van der Waals surface area contributed by atoms with E-state index in [1.165, 1.54) is 19.3 Å². The fourth-order valence-electron chi connectivity index (χ4n) is 2.90. The highest BCUT2D eigenvalue weighted by Crippen LogP contribution is 2.30. The van der Waals surface area contributed by atoms with Crippen molar-refractivity contribution >= 4 is 23.2 Å². The van der Waals surface area contributed by atoms with Crippen LogP contribution in [0.1, 0.15) is 38.7 Å². The van der Waals surface area contributed by atoms with Crippen LogP contribution in [0.25, 0.3) is 0 Å². The van der Waals surface area contributed by atoms with Crippen LogP contribution >= 0.6 is 23.2 Å². The summed E-state index contributed by atoms with van der Waals surface area (Å²) in [6.07, 6.45) is 4.58. The average Bonchev–Trinajstić information content (AvgIpc) is 2.43. The molecule has 0 aliphatic carbocycles. The van der Waals surface area contributed by atoms with E-state index in [1.807, 2.05) is 18.2 Å². The van der Waals surface area contributed by atoms with Gasteiger partial charge in [-0.15, -0.1) is 0 Å². The summed E-state index contributed by atoms with van der Waals surface area (Å²) in [7, 11) is 0. The molecule has 0 amide bonds. The van der Waals surface area contributed by atoms with Crippen molar-refractivity contribution in [3.05, 3.63) is 33.8 Å². The molecule has 0 saturated carbocycles. The van der Waals surface area contributed by atoms with E-state index in [9.17, 15) is 0 Å². The molecule has 1 fully saturated rings. The molecule has 1 heterocycles. The van der Waals surface area contributed by atoms with Crippen molar-refractivity contribution in [3.8, 4) is 0 Å². The van der Waals surface area contributed by atoms with Crippen LogP contribution in [-0.4, -0.2) is 29.6 Å². The van der Waals surface area contributed by atoms with E-state index in [0.717, 1.165) is 18.7 Å². The van der Waals surface area contributed by atoms with E-state index in [-0.39, 0.29) is 11.6 Å². The molecule has 2 nitrogen and oxygen atoms in total. The van der Waals surface area contributed by atoms with E-state index in [1.54, 1.807) is 0 Å². The second-order valence-electron chi connectivity index (χ2n) is 6.21. The Labute approximate surface area is 132 Å². The first kappa shape index (κ1) is 16.1. The molecule has 0 aromatic heterocycles. The van der Waals surface area contributed by atoms with E-state index < -0.39 is 0 Å². The zero-order chi connectivity index (χ0) is 14.8. The maximum atomic E-state index is 6.49. The predicted molar refractivity (Wildman–Crippen MR) is 87.6 cm³/mol. The number of nitrogens with two attached hydrogens (primary N) is 1. The highest BCUT2D eigenvalue weighted by Gasteiger charge is 2.34. The molecule has 0 spiro atoms. The first-order valence-electron chi connectivity index (χ1n) is 7.36. The van der Waals surface area contributed by atoms with Gasteiger partial charge in [0.15, 0.2) is 0 Å². The fraction of sp³-hybridized carbons (Fsp3) is 0.625. The highest BCUT2D eigenvalue weighted by atomic mass is 35.5. The van der Waals surface area contributed by atoms with Crippen molar-refractivity contribution in [3.63, 3.8) is 0 Å². The molecule has 4 heteroatoms. The second kappa shape index (κ2) is 6.65. The third-order valence-electron chi connectivity index (χ3n) is 4.56. The molecule has 2 rings (SSSR count). The first-order chi connectivity index (χ1) is 9.43. The standard InChI is InChI=1S/C16H24Cl2N2/c1-16(2,20-9-4-3-5-10-20)15(19)11-12-13(17)7-6-8-14(12)18/h6-8,15H,3-5,9-11,19H2,1-2H3. The topological polar surface area (TPSA) is 29.3 Å². The molecule has 20 heavy (non-hydrogen) atoms. The molecule has 1 unspecified atom stereocenters. The van der Waals surface area contributed by atoms with E-state index in [4.69, 9.17) is 28.9 Å². The molecule has 1 atom stereocenters. The van der Waals surface area contributed by atoms with Crippen LogP contribution in [0.3, 0.4) is 0 Å². The maximum Gasteiger partial charge on any atom is 0.0453 e. The minimum atomic E-state index is -0.0388. The largest absolute Gasteiger partial charge is 0.326 e. The number of hydrogen-bond acceptors (Lipinski definition) is 2. The van der Waals surface area contributed by atoms with Gasteiger partial charge in [-0.2, -0.15) is 0 Å². The van der Waals surface area contributed by atoms with Gasteiger partial charge >= 0.3 is 0 Å². The summed E-state index contributed by atoms with van der Waals surface area (Å²) in [5.74, 6) is 0. The Morgan fingerprint density at radius 3 is 2.25 bits per heavy atom. The smallest absolute Gasteiger partial charge is 0.0453 e. The lowest BCUT2D eigenvalue weighted by Crippen LogP contribution is -2.58. The molecule has 1 aliphatic rings. The predicted octanol–water partition coefficient (Wildman–Crippen LogP) is 4.13. The number of halogens is 2. The summed E-state index contributed by atoms with van der Waals surface area (Å²) >= 11 is 12.5. The molecule has 1 aromatic carbocycles. The molecule has 112 valence electrons. The average molecular weight is 315 g/mol. The number of nitrogens with zero attached hydrogens (tertiary/aromatic N) is 1. The van der Waals surface area contributed by atoms with Gasteiger partial charge in [0.1, 0.15) is 0 Å². The minimum Gasteiger partial charge on any atom is -0.326 e. The van der Waals surface area contributed by atoms with Crippen LogP contribution in [0.4, 0.5) is 0 Å². The van der Waals surface area contributed by atoms with Gasteiger partial charge in [0.05, 0.1) is 0 Å². The first-order valence-corrected chi connectivity index (χ1v) is 8.12. The molecule has 2 N–H and O–H groups in total. The molecular formula is C16H24Cl2N2. The molecule has 1 saturated heterocycles. The number of benzene rings is 1. The van der Waals surface area contributed by atoms with Crippen molar-refractivity contribution in [1.29, 1.82) is 0 Å². The Hall–Kier alpha value is -0.280. The Balaban J connectivity index is 2.12. The van der Waals surface area contributed by atoms with Crippen molar-refractivity contribution < 1.29 is 0 Å². The zero-order valence-corrected chi connectivity index (χ0v) is 13.8. The van der Waals surface area contributed by atoms with Crippen molar-refractivity contribution in [2.45, 2.75) is 51.1 Å². The number of piperidine rings is 1. The quantitative estimate of drug-likeness (QED) is 0.905. The third-order valence-corrected chi connectivity index (χ3v) is 5.27. The van der Waals surface area contributed by atoms with E-state index in [0.29, 0.717) is 16.5 Å². The number of rotatable bonds is 4. The van der Waals surface area contributed by atoms with Gasteiger partial charge in [0, 0.05) is 21.6 Å². The normalized spacial score (nSPS) is 19.1. The Morgan fingerprint density at radius 1 is 1.15 bits per heavy atom. The lowest BCUT2D eigenvalue weighted by molar-refractivity contribution is 0.0731. The Bertz CT molecular complexity index is 434. The monoisotopic (exact) mass is 314 g/mol. The van der Waals surface area contributed by atoms with Gasteiger partial charge in [0.25, 0.3) is 0 Å². The Morgan fingerprint density at radius 2 is 1.70 bits per heavy atom. The van der Waals surface area contributed by atoms with Crippen LogP contribution in [0.2, 0.25) is 10.0 Å². The van der Waals surface area contributed by atoms with Gasteiger partial charge in [-0.1, -0.05) is 35.7 Å². The molecular weight excluding hydrogens is 291 g/mol. The second-order valence-corrected chi connectivity index (χ2v) is 7.03. The molecule has 0 bridgehead atoms. The lowest BCUT2D eigenvalue weighted by atomic mass is 9.86. The summed E-state index contributed by atoms with van der Waals surface area (Å²) in [5.41, 5.74) is 7.42. The minimum absolute atomic E-state index is 0.0120. The number of hydrogen-bond donors (Lipinski definition) is 1. The van der Waals surface area contributed by atoms with E-state index >= 15 is 0 Å². The van der Waals surface area contributed by atoms with Gasteiger partial charge < -0.3 is 5.73 Å². The summed E-state index contributed by atoms with van der Waals surface area (Å²) in [6, 6.07) is 5.64. The van der Waals surface area contributed by atoms with Crippen LogP contribution in [-0.2, 0) is 6.42 Å². The van der Waals surface area contributed by atoms with Crippen molar-refractivity contribution in [2.24, 2.45) is 5.73 Å². The number of likely N-dealkylation sites (tertiary alicyclic amines) is 1. The van der Waals surface area contributed by atoms with Crippen molar-refractivity contribution in [2.75, 3.05) is 13.1 Å². The summed E-state index contributed by atoms with van der Waals surface area (Å²) in [4.78, 5) is 2.51. The van der Waals surface area contributed by atoms with Gasteiger partial charge in [0.2, 0.25) is 0 Å². The van der Waals surface area contributed by atoms with Crippen LogP contribution in [0.15, 0.2) is 18.2 Å². The Kier molecular flexibility index (Phi) is 5.36. The molecule has 0 radical (unpaired) electrons. The van der Waals surface area contributed by atoms with Crippen molar-refractivity contribution in [1.82, 2.24) is 4.90 Å². The van der Waals surface area contributed by atoms with Crippen LogP contribution in [0, 0.1) is 0 Å². The summed E-state index contributed by atoms with van der Waals surface area (Å²) in [6.45, 7) is 6.73. The fourth-order valence-corrected chi connectivity index (χ4v) is 3.45. The third kappa shape index (κ3) is 3.48. The maximum absolute atomic E-state index is 6.49. The van der Waals surface area contributed by atoms with Crippen LogP contribution < -0.4 is 5.73 Å².